The Morgan fingerprint density at radius 1 is 0.889 bits per heavy atom. The molecule has 2 heteroatoms. The third-order valence-corrected chi connectivity index (χ3v) is 3.68. The molecular weight excluding hydrogens is 220 g/mol. The molecule has 0 aliphatic heterocycles. The molecule has 0 aliphatic rings. The van der Waals surface area contributed by atoms with Gasteiger partial charge >= 0.3 is 0 Å². The Bertz CT molecular complexity index is 773. The van der Waals surface area contributed by atoms with E-state index in [9.17, 15) is 0 Å². The zero-order valence-electron chi connectivity index (χ0n) is 11.1. The third kappa shape index (κ3) is 1.49. The fraction of sp³-hybridized carbons (Fsp3) is 0.250. The van der Waals surface area contributed by atoms with Gasteiger partial charge in [0.15, 0.2) is 0 Å². The monoisotopic (exact) mass is 235 g/mol. The molecule has 1 radical (unpaired) electrons. The minimum Gasteiger partial charge on any atom is -0.244 e. The van der Waals surface area contributed by atoms with Gasteiger partial charge in [0.05, 0.1) is 22.1 Å². The van der Waals surface area contributed by atoms with Crippen LogP contribution in [0.4, 0.5) is 0 Å². The zero-order valence-corrected chi connectivity index (χ0v) is 11.1. The van der Waals surface area contributed by atoms with E-state index in [1.54, 1.807) is 0 Å². The highest BCUT2D eigenvalue weighted by molar-refractivity contribution is 5.89. The van der Waals surface area contributed by atoms with E-state index in [2.05, 4.69) is 44.8 Å². The van der Waals surface area contributed by atoms with Gasteiger partial charge in [-0.05, 0) is 56.0 Å². The summed E-state index contributed by atoms with van der Waals surface area (Å²) in [6.45, 7) is 8.37. The predicted octanol–water partition coefficient (Wildman–Crippen LogP) is 3.82. The molecule has 0 amide bonds. The van der Waals surface area contributed by atoms with E-state index >= 15 is 0 Å². The fourth-order valence-electron chi connectivity index (χ4n) is 2.30. The van der Waals surface area contributed by atoms with Crippen molar-refractivity contribution in [3.8, 4) is 0 Å². The first kappa shape index (κ1) is 11.1. The fourth-order valence-corrected chi connectivity index (χ4v) is 2.30. The maximum Gasteiger partial charge on any atom is 0.0979 e. The molecule has 0 bridgehead atoms. The topological polar surface area (TPSA) is 25.8 Å². The quantitative estimate of drug-likeness (QED) is 0.554. The maximum atomic E-state index is 4.78. The molecule has 1 heterocycles. The average Bonchev–Trinajstić information content (AvgIpc) is 2.35. The van der Waals surface area contributed by atoms with E-state index in [0.717, 1.165) is 27.6 Å². The lowest BCUT2D eigenvalue weighted by molar-refractivity contribution is 1.25. The van der Waals surface area contributed by atoms with Crippen molar-refractivity contribution >= 4 is 22.1 Å². The van der Waals surface area contributed by atoms with Crippen LogP contribution in [0.3, 0.4) is 0 Å². The van der Waals surface area contributed by atoms with Crippen LogP contribution in [0, 0.1) is 33.8 Å². The number of hydrogen-bond acceptors (Lipinski definition) is 2. The molecule has 0 aliphatic carbocycles. The molecule has 2 nitrogen and oxygen atoms in total. The van der Waals surface area contributed by atoms with E-state index in [1.165, 1.54) is 16.7 Å². The number of aryl methyl sites for hydroxylation is 3. The zero-order chi connectivity index (χ0) is 12.9. The molecular formula is C16H15N2. The minimum absolute atomic E-state index is 0.869. The van der Waals surface area contributed by atoms with Crippen molar-refractivity contribution in [2.45, 2.75) is 27.7 Å². The van der Waals surface area contributed by atoms with Crippen molar-refractivity contribution in [3.05, 3.63) is 46.5 Å². The summed E-state index contributed by atoms with van der Waals surface area (Å²) in [6, 6.07) is 9.44. The normalized spacial score (nSPS) is 11.3. The molecule has 0 atom stereocenters. The summed E-state index contributed by atoms with van der Waals surface area (Å²) in [5, 5.41) is 0. The van der Waals surface area contributed by atoms with Gasteiger partial charge in [0.25, 0.3) is 0 Å². The molecule has 0 saturated heterocycles. The largest absolute Gasteiger partial charge is 0.244 e. The summed E-state index contributed by atoms with van der Waals surface area (Å²) in [4.78, 5) is 9.47. The summed E-state index contributed by atoms with van der Waals surface area (Å²) < 4.78 is 0. The predicted molar refractivity (Wildman–Crippen MR) is 74.8 cm³/mol. The van der Waals surface area contributed by atoms with Crippen molar-refractivity contribution in [2.75, 3.05) is 0 Å². The van der Waals surface area contributed by atoms with Gasteiger partial charge in [0, 0.05) is 6.07 Å². The summed E-state index contributed by atoms with van der Waals surface area (Å²) >= 11 is 0. The van der Waals surface area contributed by atoms with Crippen molar-refractivity contribution in [1.82, 2.24) is 9.97 Å². The molecule has 0 fully saturated rings. The number of nitrogens with zero attached hydrogens (tertiary/aromatic N) is 2. The molecule has 2 aromatic carbocycles. The van der Waals surface area contributed by atoms with Crippen LogP contribution in [-0.2, 0) is 0 Å². The van der Waals surface area contributed by atoms with Gasteiger partial charge in [-0.3, -0.25) is 0 Å². The van der Waals surface area contributed by atoms with Crippen molar-refractivity contribution in [1.29, 1.82) is 0 Å². The van der Waals surface area contributed by atoms with Gasteiger partial charge in [-0.25, -0.2) is 9.97 Å². The highest BCUT2D eigenvalue weighted by atomic mass is 14.8. The van der Waals surface area contributed by atoms with Gasteiger partial charge in [-0.15, -0.1) is 0 Å². The molecule has 18 heavy (non-hydrogen) atoms. The van der Waals surface area contributed by atoms with Gasteiger partial charge in [-0.1, -0.05) is 12.1 Å². The Kier molecular flexibility index (Phi) is 2.34. The van der Waals surface area contributed by atoms with Crippen LogP contribution in [0.1, 0.15) is 22.3 Å². The van der Waals surface area contributed by atoms with E-state index in [0.29, 0.717) is 0 Å². The smallest absolute Gasteiger partial charge is 0.0979 e. The van der Waals surface area contributed by atoms with Crippen molar-refractivity contribution in [3.63, 3.8) is 0 Å². The number of aromatic nitrogens is 2. The first-order valence-corrected chi connectivity index (χ1v) is 6.14. The Hall–Kier alpha value is -1.96. The number of rotatable bonds is 0. The Morgan fingerprint density at radius 3 is 2.44 bits per heavy atom. The summed E-state index contributed by atoms with van der Waals surface area (Å²) in [7, 11) is 0. The molecule has 1 aromatic heterocycles. The first-order chi connectivity index (χ1) is 8.58. The van der Waals surface area contributed by atoms with Crippen LogP contribution in [-0.4, -0.2) is 9.97 Å². The number of benzene rings is 2. The molecule has 3 rings (SSSR count). The SMILES string of the molecule is Cc1[c]c2nc3cccc(C)c3nc2c(C)c1C. The van der Waals surface area contributed by atoms with E-state index in [4.69, 9.17) is 4.98 Å². The second kappa shape index (κ2) is 3.77. The van der Waals surface area contributed by atoms with E-state index in [-0.39, 0.29) is 0 Å². The first-order valence-electron chi connectivity index (χ1n) is 6.14. The van der Waals surface area contributed by atoms with Crippen LogP contribution in [0.2, 0.25) is 0 Å². The lowest BCUT2D eigenvalue weighted by atomic mass is 10.0. The number of para-hydroxylation sites is 1. The molecule has 3 aromatic rings. The standard InChI is InChI=1S/C16H15N2/c1-9-6-5-7-13-15(9)18-16-12(4)11(3)10(2)8-14(16)17-13/h5-7H,1-4H3. The van der Waals surface area contributed by atoms with Crippen molar-refractivity contribution < 1.29 is 0 Å². The second-order valence-corrected chi connectivity index (χ2v) is 4.86. The Balaban J connectivity index is 2.54. The minimum atomic E-state index is 0.869. The van der Waals surface area contributed by atoms with Crippen LogP contribution >= 0.6 is 0 Å². The molecule has 0 N–H and O–H groups in total. The third-order valence-electron chi connectivity index (χ3n) is 3.68. The molecule has 0 spiro atoms. The Morgan fingerprint density at radius 2 is 1.67 bits per heavy atom. The lowest BCUT2D eigenvalue weighted by Gasteiger charge is -2.09. The highest BCUT2D eigenvalue weighted by Crippen LogP contribution is 2.24. The summed E-state index contributed by atoms with van der Waals surface area (Å²) in [6.07, 6.45) is 0. The molecule has 89 valence electrons. The summed E-state index contributed by atoms with van der Waals surface area (Å²) in [5.74, 6) is 0. The number of hydrogen-bond donors (Lipinski definition) is 0. The summed E-state index contributed by atoms with van der Waals surface area (Å²) in [5.41, 5.74) is 8.56. The molecule has 0 saturated carbocycles. The van der Waals surface area contributed by atoms with Gasteiger partial charge < -0.3 is 0 Å². The average molecular weight is 235 g/mol. The number of fused-ring (bicyclic) bond motifs is 2. The second-order valence-electron chi connectivity index (χ2n) is 4.86. The highest BCUT2D eigenvalue weighted by Gasteiger charge is 2.09. The van der Waals surface area contributed by atoms with Gasteiger partial charge in [0.2, 0.25) is 0 Å². The van der Waals surface area contributed by atoms with Crippen LogP contribution < -0.4 is 0 Å². The van der Waals surface area contributed by atoms with Crippen LogP contribution in [0.5, 0.6) is 0 Å². The van der Waals surface area contributed by atoms with Crippen LogP contribution in [0.25, 0.3) is 22.1 Å². The van der Waals surface area contributed by atoms with Gasteiger partial charge in [0.1, 0.15) is 0 Å². The molecule has 0 unspecified atom stereocenters. The van der Waals surface area contributed by atoms with E-state index in [1.807, 2.05) is 12.1 Å². The van der Waals surface area contributed by atoms with E-state index < -0.39 is 0 Å². The van der Waals surface area contributed by atoms with Crippen molar-refractivity contribution in [2.24, 2.45) is 0 Å². The van der Waals surface area contributed by atoms with Gasteiger partial charge in [-0.2, -0.15) is 0 Å². The maximum absolute atomic E-state index is 4.78. The van der Waals surface area contributed by atoms with Crippen LogP contribution in [0.15, 0.2) is 18.2 Å². The Labute approximate surface area is 107 Å². The lowest BCUT2D eigenvalue weighted by Crippen LogP contribution is -1.96.